The molecule has 1 aliphatic heterocycles. The first-order chi connectivity index (χ1) is 12.6. The third kappa shape index (κ3) is 3.70. The van der Waals surface area contributed by atoms with Crippen LogP contribution in [0.15, 0.2) is 29.6 Å². The Bertz CT molecular complexity index is 811. The van der Waals surface area contributed by atoms with Crippen molar-refractivity contribution < 1.29 is 14.0 Å². The molecule has 2 amide bonds. The number of benzene rings is 1. The van der Waals surface area contributed by atoms with Crippen LogP contribution in [-0.2, 0) is 0 Å². The summed E-state index contributed by atoms with van der Waals surface area (Å²) < 4.78 is 13.0. The Kier molecular flexibility index (Phi) is 4.58. The van der Waals surface area contributed by atoms with Gasteiger partial charge in [0.1, 0.15) is 11.5 Å². The Hall–Kier alpha value is -2.48. The van der Waals surface area contributed by atoms with Gasteiger partial charge in [-0.15, -0.1) is 11.3 Å². The van der Waals surface area contributed by atoms with Crippen molar-refractivity contribution in [2.45, 2.75) is 18.9 Å². The van der Waals surface area contributed by atoms with Crippen molar-refractivity contribution in [3.63, 3.8) is 0 Å². The molecule has 1 saturated carbocycles. The summed E-state index contributed by atoms with van der Waals surface area (Å²) in [6.07, 6.45) is 2.03. The lowest BCUT2D eigenvalue weighted by Gasteiger charge is -2.35. The minimum atomic E-state index is -0.257. The Morgan fingerprint density at radius 1 is 1.12 bits per heavy atom. The summed E-state index contributed by atoms with van der Waals surface area (Å²) in [5.41, 5.74) is 1.28. The normalized spacial score (nSPS) is 17.3. The van der Waals surface area contributed by atoms with Gasteiger partial charge in [0, 0.05) is 43.3 Å². The average molecular weight is 374 g/mol. The number of piperazine rings is 1. The number of rotatable bonds is 4. The lowest BCUT2D eigenvalue weighted by atomic mass is 10.2. The Morgan fingerprint density at radius 2 is 1.81 bits per heavy atom. The number of nitrogens with one attached hydrogen (secondary N) is 1. The topological polar surface area (TPSA) is 65.5 Å². The van der Waals surface area contributed by atoms with Gasteiger partial charge in [0.15, 0.2) is 5.01 Å². The second-order valence-electron chi connectivity index (χ2n) is 6.54. The van der Waals surface area contributed by atoms with Crippen LogP contribution in [0, 0.1) is 5.82 Å². The van der Waals surface area contributed by atoms with Crippen molar-refractivity contribution in [1.82, 2.24) is 15.2 Å². The molecule has 0 atom stereocenters. The summed E-state index contributed by atoms with van der Waals surface area (Å²) in [6.45, 7) is 2.49. The van der Waals surface area contributed by atoms with Crippen molar-refractivity contribution >= 4 is 28.8 Å². The highest BCUT2D eigenvalue weighted by atomic mass is 32.1. The van der Waals surface area contributed by atoms with Crippen molar-refractivity contribution in [2.24, 2.45) is 0 Å². The van der Waals surface area contributed by atoms with Crippen LogP contribution >= 0.6 is 11.3 Å². The van der Waals surface area contributed by atoms with Gasteiger partial charge in [0.05, 0.1) is 0 Å². The monoisotopic (exact) mass is 374 g/mol. The highest BCUT2D eigenvalue weighted by Crippen LogP contribution is 2.21. The molecule has 1 saturated heterocycles. The Labute approximate surface area is 154 Å². The second-order valence-corrected chi connectivity index (χ2v) is 7.40. The average Bonchev–Trinajstić information content (AvgIpc) is 3.33. The van der Waals surface area contributed by atoms with E-state index in [4.69, 9.17) is 0 Å². The number of hydrogen-bond donors (Lipinski definition) is 1. The molecule has 2 heterocycles. The molecule has 1 aromatic heterocycles. The molecule has 26 heavy (non-hydrogen) atoms. The van der Waals surface area contributed by atoms with E-state index in [9.17, 15) is 14.0 Å². The molecule has 1 aliphatic carbocycles. The quantitative estimate of drug-likeness (QED) is 0.891. The van der Waals surface area contributed by atoms with E-state index in [1.54, 1.807) is 22.4 Å². The zero-order chi connectivity index (χ0) is 18.1. The first-order valence-electron chi connectivity index (χ1n) is 8.66. The minimum Gasteiger partial charge on any atom is -0.368 e. The molecule has 2 aromatic rings. The number of aromatic nitrogens is 1. The zero-order valence-corrected chi connectivity index (χ0v) is 15.0. The van der Waals surface area contributed by atoms with Gasteiger partial charge in [-0.3, -0.25) is 9.59 Å². The molecular formula is C18H19FN4O2S. The standard InChI is InChI=1S/C18H19FN4O2S/c19-12-1-5-14(6-2-12)22-7-9-23(10-8-22)18(25)15-11-26-17(21-15)16(24)20-13-3-4-13/h1-2,5-6,11,13H,3-4,7-10H2,(H,20,24). The van der Waals surface area contributed by atoms with Crippen molar-refractivity contribution in [1.29, 1.82) is 0 Å². The molecule has 1 N–H and O–H groups in total. The summed E-state index contributed by atoms with van der Waals surface area (Å²) in [4.78, 5) is 32.7. The maximum absolute atomic E-state index is 13.0. The van der Waals surface area contributed by atoms with E-state index in [-0.39, 0.29) is 23.7 Å². The summed E-state index contributed by atoms with van der Waals surface area (Å²) in [7, 11) is 0. The molecule has 0 unspecified atom stereocenters. The summed E-state index contributed by atoms with van der Waals surface area (Å²) in [6, 6.07) is 6.65. The highest BCUT2D eigenvalue weighted by molar-refractivity contribution is 7.11. The predicted molar refractivity (Wildman–Crippen MR) is 97.1 cm³/mol. The molecule has 6 nitrogen and oxygen atoms in total. The molecule has 2 fully saturated rings. The second kappa shape index (κ2) is 7.03. The van der Waals surface area contributed by atoms with E-state index >= 15 is 0 Å². The SMILES string of the molecule is O=C(NC1CC1)c1nc(C(=O)N2CCN(c3ccc(F)cc3)CC2)cs1. The summed E-state index contributed by atoms with van der Waals surface area (Å²) >= 11 is 1.20. The van der Waals surface area contributed by atoms with Crippen LogP contribution in [0.1, 0.15) is 33.1 Å². The predicted octanol–water partition coefficient (Wildman–Crippen LogP) is 2.14. The van der Waals surface area contributed by atoms with Crippen LogP contribution in [0.2, 0.25) is 0 Å². The van der Waals surface area contributed by atoms with Gasteiger partial charge in [-0.1, -0.05) is 0 Å². The fraction of sp³-hybridized carbons (Fsp3) is 0.389. The van der Waals surface area contributed by atoms with Crippen LogP contribution in [0.4, 0.5) is 10.1 Å². The molecule has 136 valence electrons. The van der Waals surface area contributed by atoms with Crippen molar-refractivity contribution in [3.8, 4) is 0 Å². The Balaban J connectivity index is 1.35. The van der Waals surface area contributed by atoms with Gasteiger partial charge in [-0.05, 0) is 37.1 Å². The maximum Gasteiger partial charge on any atom is 0.280 e. The van der Waals surface area contributed by atoms with E-state index < -0.39 is 0 Å². The summed E-state index contributed by atoms with van der Waals surface area (Å²) in [5.74, 6) is -0.601. The number of nitrogens with zero attached hydrogens (tertiary/aromatic N) is 3. The number of carbonyl (C=O) groups is 2. The van der Waals surface area contributed by atoms with Crippen LogP contribution in [-0.4, -0.2) is 53.9 Å². The van der Waals surface area contributed by atoms with Crippen molar-refractivity contribution in [2.75, 3.05) is 31.1 Å². The smallest absolute Gasteiger partial charge is 0.280 e. The highest BCUT2D eigenvalue weighted by Gasteiger charge is 2.27. The molecule has 4 rings (SSSR count). The number of hydrogen-bond acceptors (Lipinski definition) is 5. The first-order valence-corrected chi connectivity index (χ1v) is 9.54. The van der Waals surface area contributed by atoms with E-state index in [0.717, 1.165) is 18.5 Å². The molecule has 0 spiro atoms. The van der Waals surface area contributed by atoms with Crippen LogP contribution in [0.5, 0.6) is 0 Å². The van der Waals surface area contributed by atoms with Gasteiger partial charge in [0.2, 0.25) is 0 Å². The summed E-state index contributed by atoms with van der Waals surface area (Å²) in [5, 5.41) is 4.87. The number of carbonyl (C=O) groups excluding carboxylic acids is 2. The van der Waals surface area contributed by atoms with Gasteiger partial charge in [-0.25, -0.2) is 9.37 Å². The van der Waals surface area contributed by atoms with Crippen molar-refractivity contribution in [3.05, 3.63) is 46.2 Å². The number of thiazole rings is 1. The molecule has 2 aliphatic rings. The maximum atomic E-state index is 13.0. The number of anilines is 1. The van der Waals surface area contributed by atoms with Gasteiger partial charge >= 0.3 is 0 Å². The fourth-order valence-electron chi connectivity index (χ4n) is 2.93. The van der Waals surface area contributed by atoms with E-state index in [1.165, 1.54) is 23.5 Å². The molecule has 0 bridgehead atoms. The lowest BCUT2D eigenvalue weighted by molar-refractivity contribution is 0.0741. The molecule has 8 heteroatoms. The molecular weight excluding hydrogens is 355 g/mol. The number of halogens is 1. The van der Waals surface area contributed by atoms with E-state index in [0.29, 0.717) is 36.9 Å². The largest absolute Gasteiger partial charge is 0.368 e. The molecule has 0 radical (unpaired) electrons. The number of amides is 2. The zero-order valence-electron chi connectivity index (χ0n) is 14.2. The lowest BCUT2D eigenvalue weighted by Crippen LogP contribution is -2.48. The van der Waals surface area contributed by atoms with Gasteiger partial charge in [0.25, 0.3) is 11.8 Å². The third-order valence-electron chi connectivity index (χ3n) is 4.59. The molecule has 1 aromatic carbocycles. The van der Waals surface area contributed by atoms with Gasteiger partial charge < -0.3 is 15.1 Å². The van der Waals surface area contributed by atoms with Crippen LogP contribution in [0.3, 0.4) is 0 Å². The fourth-order valence-corrected chi connectivity index (χ4v) is 3.63. The van der Waals surface area contributed by atoms with Crippen LogP contribution < -0.4 is 10.2 Å². The minimum absolute atomic E-state index is 0.148. The van der Waals surface area contributed by atoms with Crippen LogP contribution in [0.25, 0.3) is 0 Å². The van der Waals surface area contributed by atoms with E-state index in [2.05, 4.69) is 15.2 Å². The third-order valence-corrected chi connectivity index (χ3v) is 5.43. The van der Waals surface area contributed by atoms with E-state index in [1.807, 2.05) is 0 Å². The van der Waals surface area contributed by atoms with Gasteiger partial charge in [-0.2, -0.15) is 0 Å². The Morgan fingerprint density at radius 3 is 2.46 bits per heavy atom. The first kappa shape index (κ1) is 17.0.